The number of nitrogens with one attached hydrogen (secondary N) is 2. The van der Waals surface area contributed by atoms with E-state index in [1.165, 1.54) is 17.3 Å². The summed E-state index contributed by atoms with van der Waals surface area (Å²) in [5.41, 5.74) is 5.86. The highest BCUT2D eigenvalue weighted by atomic mass is 32.2. The lowest BCUT2D eigenvalue weighted by atomic mass is 9.91. The van der Waals surface area contributed by atoms with Crippen LogP contribution in [0.4, 0.5) is 5.69 Å². The number of carbonyl (C=O) groups excluding carboxylic acids is 2. The van der Waals surface area contributed by atoms with E-state index in [1.807, 2.05) is 78.8 Å². The van der Waals surface area contributed by atoms with E-state index in [0.29, 0.717) is 28.6 Å². The number of allylic oxidation sites excluding steroid dienone is 1. The number of benzene rings is 3. The highest BCUT2D eigenvalue weighted by Crippen LogP contribution is 2.45. The molecule has 0 radical (unpaired) electrons. The van der Waals surface area contributed by atoms with Gasteiger partial charge in [-0.05, 0) is 66.1 Å². The second-order valence-corrected chi connectivity index (χ2v) is 11.6. The monoisotopic (exact) mass is 580 g/mol. The lowest BCUT2D eigenvalue weighted by Crippen LogP contribution is -2.39. The quantitative estimate of drug-likeness (QED) is 0.278. The van der Waals surface area contributed by atoms with Gasteiger partial charge in [-0.15, -0.1) is 0 Å². The number of hydrogen-bond donors (Lipinski definition) is 2. The summed E-state index contributed by atoms with van der Waals surface area (Å²) < 4.78 is 5.26. The van der Waals surface area contributed by atoms with E-state index >= 15 is 0 Å². The van der Waals surface area contributed by atoms with Gasteiger partial charge in [0.1, 0.15) is 5.75 Å². The Balaban J connectivity index is 1.45. The maximum atomic E-state index is 13.9. The number of fused-ring (bicyclic) bond motifs is 1. The minimum atomic E-state index is -0.447. The second kappa shape index (κ2) is 12.7. The van der Waals surface area contributed by atoms with Crippen LogP contribution in [-0.4, -0.2) is 29.0 Å². The van der Waals surface area contributed by atoms with Crippen LogP contribution in [0.1, 0.15) is 68.8 Å². The fourth-order valence-electron chi connectivity index (χ4n) is 5.19. The first-order chi connectivity index (χ1) is 20.2. The Morgan fingerprint density at radius 2 is 1.64 bits per heavy atom. The zero-order valence-electron chi connectivity index (χ0n) is 24.5. The van der Waals surface area contributed by atoms with E-state index in [9.17, 15) is 9.59 Å². The number of amidine groups is 1. The van der Waals surface area contributed by atoms with Gasteiger partial charge in [-0.3, -0.25) is 9.59 Å². The SMILES string of the molecule is COc1ccc(NC(=O)C2=C(C)N=C3SC=C(CC(=O)N[C@H](C)c4ccccc4)N3[C@H]2c2ccc(C(C)C)cc2)cc1. The van der Waals surface area contributed by atoms with Crippen LogP contribution in [-0.2, 0) is 9.59 Å². The van der Waals surface area contributed by atoms with Crippen LogP contribution in [0.25, 0.3) is 0 Å². The third-order valence-electron chi connectivity index (χ3n) is 7.53. The smallest absolute Gasteiger partial charge is 0.255 e. The Bertz CT molecular complexity index is 1540. The van der Waals surface area contributed by atoms with Crippen molar-refractivity contribution in [2.45, 2.75) is 52.1 Å². The summed E-state index contributed by atoms with van der Waals surface area (Å²) in [5.74, 6) is 0.758. The molecule has 3 aromatic rings. The first-order valence-corrected chi connectivity index (χ1v) is 15.0. The molecule has 0 aromatic heterocycles. The number of hydrogen-bond acceptors (Lipinski definition) is 6. The number of nitrogens with zero attached hydrogens (tertiary/aromatic N) is 2. The third kappa shape index (κ3) is 6.29. The molecule has 0 bridgehead atoms. The lowest BCUT2D eigenvalue weighted by molar-refractivity contribution is -0.121. The fraction of sp³-hybridized carbons (Fsp3) is 0.265. The Hall–Kier alpha value is -4.30. The largest absolute Gasteiger partial charge is 0.497 e. The first-order valence-electron chi connectivity index (χ1n) is 14.1. The molecule has 0 unspecified atom stereocenters. The van der Waals surface area contributed by atoms with Crippen LogP contribution in [0.15, 0.2) is 106 Å². The summed E-state index contributed by atoms with van der Waals surface area (Å²) >= 11 is 1.48. The number of ether oxygens (including phenoxy) is 1. The number of rotatable bonds is 9. The second-order valence-electron chi connectivity index (χ2n) is 10.8. The Morgan fingerprint density at radius 3 is 2.29 bits per heavy atom. The van der Waals surface area contributed by atoms with Gasteiger partial charge in [-0.2, -0.15) is 0 Å². The molecule has 42 heavy (non-hydrogen) atoms. The predicted octanol–water partition coefficient (Wildman–Crippen LogP) is 7.30. The molecule has 2 aliphatic rings. The van der Waals surface area contributed by atoms with Crippen LogP contribution in [0.2, 0.25) is 0 Å². The minimum Gasteiger partial charge on any atom is -0.497 e. The topological polar surface area (TPSA) is 83.0 Å². The number of thioether (sulfide) groups is 1. The normalized spacial score (nSPS) is 16.9. The van der Waals surface area contributed by atoms with Crippen LogP contribution in [0.5, 0.6) is 5.75 Å². The number of carbonyl (C=O) groups is 2. The molecule has 5 rings (SSSR count). The zero-order chi connectivity index (χ0) is 29.8. The van der Waals surface area contributed by atoms with Crippen molar-refractivity contribution < 1.29 is 14.3 Å². The maximum absolute atomic E-state index is 13.9. The molecule has 2 atom stereocenters. The van der Waals surface area contributed by atoms with E-state index in [4.69, 9.17) is 9.73 Å². The summed E-state index contributed by atoms with van der Waals surface area (Å²) in [6.45, 7) is 8.16. The van der Waals surface area contributed by atoms with Gasteiger partial charge in [0.25, 0.3) is 5.91 Å². The summed E-state index contributed by atoms with van der Waals surface area (Å²) in [4.78, 5) is 34.0. The van der Waals surface area contributed by atoms with Crippen molar-refractivity contribution in [2.75, 3.05) is 12.4 Å². The van der Waals surface area contributed by atoms with Crippen molar-refractivity contribution in [1.82, 2.24) is 10.2 Å². The Kier molecular flexibility index (Phi) is 8.83. The first kappa shape index (κ1) is 29.2. The Morgan fingerprint density at radius 1 is 0.952 bits per heavy atom. The zero-order valence-corrected chi connectivity index (χ0v) is 25.4. The summed E-state index contributed by atoms with van der Waals surface area (Å²) in [5, 5.41) is 8.90. The maximum Gasteiger partial charge on any atom is 0.255 e. The number of amides is 2. The van der Waals surface area contributed by atoms with Crippen LogP contribution < -0.4 is 15.4 Å². The molecular weight excluding hydrogens is 544 g/mol. The van der Waals surface area contributed by atoms with Crippen molar-refractivity contribution in [3.63, 3.8) is 0 Å². The van der Waals surface area contributed by atoms with Crippen molar-refractivity contribution in [3.8, 4) is 5.75 Å². The van der Waals surface area contributed by atoms with E-state index in [2.05, 4.69) is 48.7 Å². The molecule has 0 spiro atoms. The lowest BCUT2D eigenvalue weighted by Gasteiger charge is -2.37. The van der Waals surface area contributed by atoms with Gasteiger partial charge in [0.05, 0.1) is 36.9 Å². The molecular formula is C34H36N4O3S. The summed E-state index contributed by atoms with van der Waals surface area (Å²) in [7, 11) is 1.61. The van der Waals surface area contributed by atoms with Crippen LogP contribution in [0, 0.1) is 0 Å². The van der Waals surface area contributed by atoms with Crippen molar-refractivity contribution in [1.29, 1.82) is 0 Å². The van der Waals surface area contributed by atoms with Gasteiger partial charge in [0.2, 0.25) is 5.91 Å². The Labute approximate surface area is 251 Å². The average molecular weight is 581 g/mol. The average Bonchev–Trinajstić information content (AvgIpc) is 3.38. The highest BCUT2D eigenvalue weighted by Gasteiger charge is 2.40. The van der Waals surface area contributed by atoms with Crippen LogP contribution >= 0.6 is 11.8 Å². The van der Waals surface area contributed by atoms with Gasteiger partial charge >= 0.3 is 0 Å². The molecule has 2 N–H and O–H groups in total. The molecule has 2 amide bonds. The van der Waals surface area contributed by atoms with Crippen molar-refractivity contribution in [2.24, 2.45) is 4.99 Å². The van der Waals surface area contributed by atoms with Crippen molar-refractivity contribution >= 4 is 34.4 Å². The van der Waals surface area contributed by atoms with Gasteiger partial charge in [-0.1, -0.05) is 80.2 Å². The van der Waals surface area contributed by atoms with Gasteiger partial charge in [0, 0.05) is 11.4 Å². The van der Waals surface area contributed by atoms with Gasteiger partial charge in [-0.25, -0.2) is 4.99 Å². The minimum absolute atomic E-state index is 0.0936. The standard InChI is InChI=1S/C34H36N4O3S/c1-21(2)24-11-13-26(14-12-24)32-31(33(40)37-27-15-17-29(41-5)18-16-27)23(4)36-34-38(32)28(20-42-34)19-30(39)35-22(3)25-9-7-6-8-10-25/h6-18,20-22,32H,19H2,1-5H3,(H,35,39)(H,37,40)/t22-,32+/m1/s1. The van der Waals surface area contributed by atoms with E-state index in [0.717, 1.165) is 22.0 Å². The molecule has 0 saturated heterocycles. The molecule has 3 aromatic carbocycles. The number of anilines is 1. The fourth-order valence-corrected chi connectivity index (χ4v) is 6.16. The molecule has 0 fully saturated rings. The molecule has 0 aliphatic carbocycles. The molecule has 7 nitrogen and oxygen atoms in total. The number of methoxy groups -OCH3 is 1. The van der Waals surface area contributed by atoms with E-state index in [-0.39, 0.29) is 24.3 Å². The van der Waals surface area contributed by atoms with E-state index < -0.39 is 6.04 Å². The molecule has 216 valence electrons. The van der Waals surface area contributed by atoms with Gasteiger partial charge < -0.3 is 20.3 Å². The number of aliphatic imine (C=N–C) groups is 1. The van der Waals surface area contributed by atoms with Crippen molar-refractivity contribution in [3.05, 3.63) is 118 Å². The van der Waals surface area contributed by atoms with Gasteiger partial charge in [0.15, 0.2) is 5.17 Å². The highest BCUT2D eigenvalue weighted by molar-refractivity contribution is 8.16. The molecule has 2 aliphatic heterocycles. The summed E-state index contributed by atoms with van der Waals surface area (Å²) in [6.07, 6.45) is 0.163. The predicted molar refractivity (Wildman–Crippen MR) is 170 cm³/mol. The summed E-state index contributed by atoms with van der Waals surface area (Å²) in [6, 6.07) is 24.9. The van der Waals surface area contributed by atoms with Crippen LogP contribution in [0.3, 0.4) is 0 Å². The van der Waals surface area contributed by atoms with E-state index in [1.54, 1.807) is 7.11 Å². The molecule has 0 saturated carbocycles. The molecule has 2 heterocycles. The third-order valence-corrected chi connectivity index (χ3v) is 8.42. The molecule has 8 heteroatoms.